The Bertz CT molecular complexity index is 670. The van der Waals surface area contributed by atoms with Crippen molar-refractivity contribution in [1.29, 1.82) is 0 Å². The molecule has 1 aromatic heterocycles. The van der Waals surface area contributed by atoms with E-state index in [1.807, 2.05) is 37.2 Å². The van der Waals surface area contributed by atoms with Crippen LogP contribution in [0.15, 0.2) is 27.4 Å². The molecule has 1 aliphatic heterocycles. The minimum absolute atomic E-state index is 0.159. The highest BCUT2D eigenvalue weighted by atomic mass is 32.2. The van der Waals surface area contributed by atoms with Crippen LogP contribution < -0.4 is 16.0 Å². The molecule has 20 heavy (non-hydrogen) atoms. The van der Waals surface area contributed by atoms with Crippen molar-refractivity contribution < 1.29 is 4.79 Å². The van der Waals surface area contributed by atoms with E-state index in [0.717, 1.165) is 25.6 Å². The van der Waals surface area contributed by atoms with Gasteiger partial charge in [0.05, 0.1) is 0 Å². The van der Waals surface area contributed by atoms with Crippen molar-refractivity contribution in [3.63, 3.8) is 0 Å². The van der Waals surface area contributed by atoms with E-state index in [1.165, 1.54) is 23.1 Å². The molecule has 104 valence electrons. The van der Waals surface area contributed by atoms with Gasteiger partial charge in [-0.15, -0.1) is 10.2 Å². The molecule has 3 N–H and O–H groups in total. The lowest BCUT2D eigenvalue weighted by Gasteiger charge is -2.04. The minimum Gasteiger partial charge on any atom is -0.353 e. The van der Waals surface area contributed by atoms with Gasteiger partial charge in [-0.3, -0.25) is 4.79 Å². The lowest BCUT2D eigenvalue weighted by atomic mass is 10.1. The van der Waals surface area contributed by atoms with Crippen molar-refractivity contribution in [3.8, 4) is 0 Å². The first kappa shape index (κ1) is 13.3. The Hall–Kier alpha value is -1.64. The SMILES string of the molecule is CN(C)c1nnc(Sc2ccc3c(c2)NC(=O)C3N)s1. The van der Waals surface area contributed by atoms with Gasteiger partial charge < -0.3 is 16.0 Å². The van der Waals surface area contributed by atoms with Gasteiger partial charge in [0, 0.05) is 30.2 Å². The highest BCUT2D eigenvalue weighted by Gasteiger charge is 2.27. The monoisotopic (exact) mass is 307 g/mol. The number of hydrogen-bond donors (Lipinski definition) is 2. The lowest BCUT2D eigenvalue weighted by molar-refractivity contribution is -0.116. The summed E-state index contributed by atoms with van der Waals surface area (Å²) in [7, 11) is 3.86. The fourth-order valence-electron chi connectivity index (χ4n) is 1.86. The number of nitrogens with zero attached hydrogens (tertiary/aromatic N) is 3. The maximum absolute atomic E-state index is 11.5. The molecule has 0 radical (unpaired) electrons. The summed E-state index contributed by atoms with van der Waals surface area (Å²) in [5, 5.41) is 11.9. The van der Waals surface area contributed by atoms with Crippen LogP contribution in [0.1, 0.15) is 11.6 Å². The second kappa shape index (κ2) is 5.04. The van der Waals surface area contributed by atoms with E-state index in [2.05, 4.69) is 15.5 Å². The summed E-state index contributed by atoms with van der Waals surface area (Å²) in [5.41, 5.74) is 7.41. The van der Waals surface area contributed by atoms with Crippen LogP contribution in [-0.4, -0.2) is 30.2 Å². The standard InChI is InChI=1S/C12H13N5OS2/c1-17(2)11-15-16-12(20-11)19-6-3-4-7-8(5-6)14-10(18)9(7)13/h3-5,9H,13H2,1-2H3,(H,14,18). The summed E-state index contributed by atoms with van der Waals surface area (Å²) < 4.78 is 0.863. The van der Waals surface area contributed by atoms with E-state index < -0.39 is 6.04 Å². The Morgan fingerprint density at radius 1 is 1.40 bits per heavy atom. The predicted molar refractivity (Wildman–Crippen MR) is 80.4 cm³/mol. The van der Waals surface area contributed by atoms with E-state index in [9.17, 15) is 4.79 Å². The maximum atomic E-state index is 11.5. The van der Waals surface area contributed by atoms with Crippen LogP contribution in [0.3, 0.4) is 0 Å². The van der Waals surface area contributed by atoms with Gasteiger partial charge in [-0.2, -0.15) is 0 Å². The van der Waals surface area contributed by atoms with Crippen molar-refractivity contribution in [2.24, 2.45) is 5.73 Å². The quantitative estimate of drug-likeness (QED) is 0.898. The number of carbonyl (C=O) groups is 1. The number of rotatable bonds is 3. The van der Waals surface area contributed by atoms with Crippen molar-refractivity contribution in [2.75, 3.05) is 24.3 Å². The Kier molecular flexibility index (Phi) is 3.36. The summed E-state index contributed by atoms with van der Waals surface area (Å²) in [5.74, 6) is -0.159. The molecule has 6 nitrogen and oxygen atoms in total. The number of carbonyl (C=O) groups excluding carboxylic acids is 1. The zero-order valence-corrected chi connectivity index (χ0v) is 12.6. The van der Waals surface area contributed by atoms with E-state index >= 15 is 0 Å². The fourth-order valence-corrected chi connectivity index (χ4v) is 3.63. The lowest BCUT2D eigenvalue weighted by Crippen LogP contribution is -2.19. The summed E-state index contributed by atoms with van der Waals surface area (Å²) >= 11 is 3.05. The molecule has 1 atom stereocenters. The van der Waals surface area contributed by atoms with E-state index in [1.54, 1.807) is 0 Å². The number of fused-ring (bicyclic) bond motifs is 1. The maximum Gasteiger partial charge on any atom is 0.245 e. The highest BCUT2D eigenvalue weighted by molar-refractivity contribution is 8.01. The fraction of sp³-hybridized carbons (Fsp3) is 0.250. The topological polar surface area (TPSA) is 84.1 Å². The first-order chi connectivity index (χ1) is 9.54. The average molecular weight is 307 g/mol. The summed E-state index contributed by atoms with van der Waals surface area (Å²) in [4.78, 5) is 14.4. The van der Waals surface area contributed by atoms with Gasteiger partial charge in [-0.05, 0) is 12.1 Å². The van der Waals surface area contributed by atoms with E-state index in [-0.39, 0.29) is 5.91 Å². The number of amides is 1. The van der Waals surface area contributed by atoms with Gasteiger partial charge in [0.2, 0.25) is 11.0 Å². The molecule has 1 aliphatic rings. The van der Waals surface area contributed by atoms with Gasteiger partial charge in [0.1, 0.15) is 6.04 Å². The van der Waals surface area contributed by atoms with Gasteiger partial charge in [0.25, 0.3) is 0 Å². The third-order valence-electron chi connectivity index (χ3n) is 2.88. The number of aromatic nitrogens is 2. The summed E-state index contributed by atoms with van der Waals surface area (Å²) in [6.07, 6.45) is 0. The molecule has 2 heterocycles. The van der Waals surface area contributed by atoms with Crippen molar-refractivity contribution in [2.45, 2.75) is 15.3 Å². The Labute approximate surface area is 124 Å². The molecular weight excluding hydrogens is 294 g/mol. The average Bonchev–Trinajstić information content (AvgIpc) is 2.96. The summed E-state index contributed by atoms with van der Waals surface area (Å²) in [6.45, 7) is 0. The zero-order valence-electron chi connectivity index (χ0n) is 11.0. The highest BCUT2D eigenvalue weighted by Crippen LogP contribution is 2.37. The molecule has 0 saturated heterocycles. The zero-order chi connectivity index (χ0) is 14.3. The molecule has 0 spiro atoms. The van der Waals surface area contributed by atoms with Crippen molar-refractivity contribution in [3.05, 3.63) is 23.8 Å². The normalized spacial score (nSPS) is 16.9. The van der Waals surface area contributed by atoms with Gasteiger partial charge >= 0.3 is 0 Å². The van der Waals surface area contributed by atoms with Crippen LogP contribution >= 0.6 is 23.1 Å². The van der Waals surface area contributed by atoms with Crippen LogP contribution in [-0.2, 0) is 4.79 Å². The Balaban J connectivity index is 1.82. The first-order valence-corrected chi connectivity index (χ1v) is 7.57. The smallest absolute Gasteiger partial charge is 0.245 e. The molecule has 0 saturated carbocycles. The number of nitrogens with one attached hydrogen (secondary N) is 1. The van der Waals surface area contributed by atoms with E-state index in [0.29, 0.717) is 0 Å². The third kappa shape index (κ3) is 2.37. The first-order valence-electron chi connectivity index (χ1n) is 5.93. The molecule has 1 unspecified atom stereocenters. The largest absolute Gasteiger partial charge is 0.353 e. The van der Waals surface area contributed by atoms with Crippen LogP contribution in [0, 0.1) is 0 Å². The number of nitrogens with two attached hydrogens (primary N) is 1. The molecular formula is C12H13N5OS2. The Morgan fingerprint density at radius 2 is 2.20 bits per heavy atom. The predicted octanol–water partition coefficient (Wildman–Crippen LogP) is 1.71. The van der Waals surface area contributed by atoms with Crippen LogP contribution in [0.2, 0.25) is 0 Å². The molecule has 0 bridgehead atoms. The van der Waals surface area contributed by atoms with Crippen LogP contribution in [0.4, 0.5) is 10.8 Å². The molecule has 1 aromatic carbocycles. The third-order valence-corrected chi connectivity index (χ3v) is 5.02. The molecule has 2 aromatic rings. The summed E-state index contributed by atoms with van der Waals surface area (Å²) in [6, 6.07) is 5.18. The van der Waals surface area contributed by atoms with E-state index in [4.69, 9.17) is 5.73 Å². The molecule has 0 fully saturated rings. The second-order valence-corrected chi connectivity index (χ2v) is 6.84. The van der Waals surface area contributed by atoms with Gasteiger partial charge in [0.15, 0.2) is 4.34 Å². The number of anilines is 2. The second-order valence-electron chi connectivity index (χ2n) is 4.56. The van der Waals surface area contributed by atoms with Crippen LogP contribution in [0.5, 0.6) is 0 Å². The minimum atomic E-state index is -0.564. The van der Waals surface area contributed by atoms with Crippen molar-refractivity contribution in [1.82, 2.24) is 10.2 Å². The molecule has 1 amide bonds. The van der Waals surface area contributed by atoms with Crippen molar-refractivity contribution >= 4 is 39.8 Å². The number of hydrogen-bond acceptors (Lipinski definition) is 7. The number of benzene rings is 1. The molecule has 8 heteroatoms. The molecule has 3 rings (SSSR count). The molecule has 0 aliphatic carbocycles. The Morgan fingerprint density at radius 3 is 2.90 bits per heavy atom. The van der Waals surface area contributed by atoms with Crippen LogP contribution in [0.25, 0.3) is 0 Å². The van der Waals surface area contributed by atoms with Gasteiger partial charge in [-0.1, -0.05) is 29.2 Å². The van der Waals surface area contributed by atoms with Gasteiger partial charge in [-0.25, -0.2) is 0 Å².